The molecule has 0 spiro atoms. The Hall–Kier alpha value is -2.51. The standard InChI is InChI=1S/C14H8N2O4S/c17-21(18,19)13-7-12-14(15-16-20-12)11-6-9-4-2-1-3-8(9)5-10(11)13/h1-7H,(H,17,18,19). The first kappa shape index (κ1) is 12.2. The molecule has 7 heteroatoms. The van der Waals surface area contributed by atoms with E-state index in [0.29, 0.717) is 16.3 Å². The van der Waals surface area contributed by atoms with Gasteiger partial charge in [-0.1, -0.05) is 24.3 Å². The summed E-state index contributed by atoms with van der Waals surface area (Å²) in [6, 6.07) is 12.3. The third-order valence-corrected chi connectivity index (χ3v) is 4.35. The van der Waals surface area contributed by atoms with E-state index in [1.165, 1.54) is 6.07 Å². The molecule has 0 aliphatic carbocycles. The number of fused-ring (bicyclic) bond motifs is 4. The monoisotopic (exact) mass is 300 g/mol. The summed E-state index contributed by atoms with van der Waals surface area (Å²) >= 11 is 0. The Kier molecular flexibility index (Phi) is 2.33. The maximum Gasteiger partial charge on any atom is 0.295 e. The number of hydrogen-bond acceptors (Lipinski definition) is 5. The summed E-state index contributed by atoms with van der Waals surface area (Å²) in [5.41, 5.74) is 0.675. The Bertz CT molecular complexity index is 1120. The van der Waals surface area contributed by atoms with E-state index < -0.39 is 10.1 Å². The largest absolute Gasteiger partial charge is 0.337 e. The van der Waals surface area contributed by atoms with E-state index in [-0.39, 0.29) is 10.5 Å². The lowest BCUT2D eigenvalue weighted by Crippen LogP contribution is -1.99. The van der Waals surface area contributed by atoms with Gasteiger partial charge in [0.15, 0.2) is 5.58 Å². The van der Waals surface area contributed by atoms with Gasteiger partial charge in [0.1, 0.15) is 10.4 Å². The van der Waals surface area contributed by atoms with Gasteiger partial charge in [-0.2, -0.15) is 8.42 Å². The lowest BCUT2D eigenvalue weighted by atomic mass is 10.0. The normalized spacial score (nSPS) is 12.4. The number of rotatable bonds is 1. The minimum absolute atomic E-state index is 0.213. The van der Waals surface area contributed by atoms with Crippen LogP contribution in [0.5, 0.6) is 0 Å². The molecule has 0 unspecified atom stereocenters. The number of benzene rings is 3. The molecule has 3 aromatic carbocycles. The Labute approximate surface area is 118 Å². The van der Waals surface area contributed by atoms with Crippen molar-refractivity contribution in [3.05, 3.63) is 42.5 Å². The second kappa shape index (κ2) is 4.00. The van der Waals surface area contributed by atoms with Crippen molar-refractivity contribution in [2.75, 3.05) is 0 Å². The van der Waals surface area contributed by atoms with E-state index in [1.54, 1.807) is 6.07 Å². The van der Waals surface area contributed by atoms with Crippen molar-refractivity contribution in [2.45, 2.75) is 4.90 Å². The molecule has 0 saturated carbocycles. The Balaban J connectivity index is 2.33. The van der Waals surface area contributed by atoms with Gasteiger partial charge >= 0.3 is 0 Å². The van der Waals surface area contributed by atoms with E-state index in [9.17, 15) is 13.0 Å². The zero-order valence-electron chi connectivity index (χ0n) is 10.5. The molecular formula is C14H8N2O4S. The van der Waals surface area contributed by atoms with Crippen LogP contribution in [0.1, 0.15) is 0 Å². The van der Waals surface area contributed by atoms with E-state index in [1.807, 2.05) is 30.3 Å². The van der Waals surface area contributed by atoms with Crippen molar-refractivity contribution < 1.29 is 17.5 Å². The van der Waals surface area contributed by atoms with Crippen LogP contribution in [0.2, 0.25) is 0 Å². The van der Waals surface area contributed by atoms with Gasteiger partial charge in [-0.25, -0.2) is 0 Å². The fraction of sp³-hybridized carbons (Fsp3) is 0. The van der Waals surface area contributed by atoms with E-state index in [0.717, 1.165) is 10.8 Å². The summed E-state index contributed by atoms with van der Waals surface area (Å²) in [6.45, 7) is 0. The van der Waals surface area contributed by atoms with Crippen molar-refractivity contribution in [1.82, 2.24) is 10.4 Å². The van der Waals surface area contributed by atoms with Crippen LogP contribution in [0.3, 0.4) is 0 Å². The van der Waals surface area contributed by atoms with Crippen LogP contribution in [0.4, 0.5) is 0 Å². The van der Waals surface area contributed by atoms with Crippen molar-refractivity contribution in [2.24, 2.45) is 0 Å². The van der Waals surface area contributed by atoms with Crippen molar-refractivity contribution in [3.63, 3.8) is 0 Å². The van der Waals surface area contributed by atoms with Crippen LogP contribution in [0, 0.1) is 0 Å². The molecule has 4 aromatic rings. The fourth-order valence-electron chi connectivity index (χ4n) is 2.53. The highest BCUT2D eigenvalue weighted by atomic mass is 32.2. The molecule has 0 aliphatic heterocycles. The van der Waals surface area contributed by atoms with Crippen LogP contribution >= 0.6 is 0 Å². The summed E-state index contributed by atoms with van der Waals surface area (Å²) in [7, 11) is -4.38. The molecule has 0 bridgehead atoms. The molecule has 0 saturated heterocycles. The summed E-state index contributed by atoms with van der Waals surface area (Å²) in [5, 5.41) is 10.1. The predicted octanol–water partition coefficient (Wildman–Crippen LogP) is 2.78. The number of hydrogen-bond donors (Lipinski definition) is 1. The molecule has 0 radical (unpaired) electrons. The van der Waals surface area contributed by atoms with Crippen LogP contribution in [-0.4, -0.2) is 23.3 Å². The van der Waals surface area contributed by atoms with Crippen LogP contribution in [0.15, 0.2) is 51.9 Å². The first-order valence-corrected chi connectivity index (χ1v) is 7.53. The third kappa shape index (κ3) is 1.78. The maximum atomic E-state index is 11.6. The van der Waals surface area contributed by atoms with Gasteiger partial charge in [-0.15, -0.1) is 5.10 Å². The summed E-state index contributed by atoms with van der Waals surface area (Å²) < 4.78 is 37.6. The van der Waals surface area contributed by atoms with Crippen molar-refractivity contribution >= 4 is 42.8 Å². The zero-order valence-corrected chi connectivity index (χ0v) is 11.3. The van der Waals surface area contributed by atoms with Crippen LogP contribution < -0.4 is 0 Å². The second-order valence-corrected chi connectivity index (χ2v) is 6.10. The lowest BCUT2D eigenvalue weighted by Gasteiger charge is -2.06. The highest BCUT2D eigenvalue weighted by Gasteiger charge is 2.19. The topological polar surface area (TPSA) is 93.3 Å². The summed E-state index contributed by atoms with van der Waals surface area (Å²) in [4.78, 5) is -0.214. The van der Waals surface area contributed by atoms with Gasteiger partial charge in [0.05, 0.1) is 0 Å². The first-order chi connectivity index (χ1) is 10.0. The van der Waals surface area contributed by atoms with Gasteiger partial charge < -0.3 is 4.52 Å². The van der Waals surface area contributed by atoms with Gasteiger partial charge in [-0.05, 0) is 22.9 Å². The first-order valence-electron chi connectivity index (χ1n) is 6.09. The molecule has 104 valence electrons. The van der Waals surface area contributed by atoms with Crippen molar-refractivity contribution in [1.29, 1.82) is 0 Å². The second-order valence-electron chi connectivity index (χ2n) is 4.71. The molecule has 0 atom stereocenters. The average Bonchev–Trinajstić information content (AvgIpc) is 2.92. The predicted molar refractivity (Wildman–Crippen MR) is 76.6 cm³/mol. The van der Waals surface area contributed by atoms with Gasteiger partial charge in [0.25, 0.3) is 10.1 Å². The molecule has 0 fully saturated rings. The van der Waals surface area contributed by atoms with E-state index >= 15 is 0 Å². The minimum atomic E-state index is -4.38. The average molecular weight is 300 g/mol. The minimum Gasteiger partial charge on any atom is -0.337 e. The molecule has 1 heterocycles. The molecule has 6 nitrogen and oxygen atoms in total. The Morgan fingerprint density at radius 1 is 1.00 bits per heavy atom. The third-order valence-electron chi connectivity index (χ3n) is 3.46. The molecular weight excluding hydrogens is 292 g/mol. The van der Waals surface area contributed by atoms with Gasteiger partial charge in [0, 0.05) is 22.1 Å². The molecule has 4 rings (SSSR count). The summed E-state index contributed by atoms with van der Waals surface area (Å²) in [5.74, 6) is 0. The molecule has 1 N–H and O–H groups in total. The van der Waals surface area contributed by atoms with E-state index in [4.69, 9.17) is 4.52 Å². The quantitative estimate of drug-likeness (QED) is 0.429. The molecule has 1 aromatic heterocycles. The van der Waals surface area contributed by atoms with Crippen molar-refractivity contribution in [3.8, 4) is 0 Å². The van der Waals surface area contributed by atoms with E-state index in [2.05, 4.69) is 10.4 Å². The van der Waals surface area contributed by atoms with Gasteiger partial charge in [-0.3, -0.25) is 4.55 Å². The fourth-order valence-corrected chi connectivity index (χ4v) is 3.23. The molecule has 21 heavy (non-hydrogen) atoms. The van der Waals surface area contributed by atoms with Crippen LogP contribution in [0.25, 0.3) is 32.6 Å². The zero-order chi connectivity index (χ0) is 14.6. The molecule has 0 amide bonds. The summed E-state index contributed by atoms with van der Waals surface area (Å²) in [6.07, 6.45) is 0. The maximum absolute atomic E-state index is 11.6. The SMILES string of the molecule is O=S(=O)(O)c1cc2onnc2c2cc3ccccc3cc12. The highest BCUT2D eigenvalue weighted by molar-refractivity contribution is 7.86. The van der Waals surface area contributed by atoms with Gasteiger partial charge in [0.2, 0.25) is 0 Å². The Morgan fingerprint density at radius 3 is 2.33 bits per heavy atom. The number of aromatic nitrogens is 2. The highest BCUT2D eigenvalue weighted by Crippen LogP contribution is 2.33. The number of nitrogens with zero attached hydrogens (tertiary/aromatic N) is 2. The smallest absolute Gasteiger partial charge is 0.295 e. The Morgan fingerprint density at radius 2 is 1.67 bits per heavy atom. The van der Waals surface area contributed by atoms with Crippen LogP contribution in [-0.2, 0) is 10.1 Å². The lowest BCUT2D eigenvalue weighted by molar-refractivity contribution is 0.423. The molecule has 0 aliphatic rings.